The van der Waals surface area contributed by atoms with E-state index in [1.165, 1.54) is 26.0 Å². The first-order valence-corrected chi connectivity index (χ1v) is 11.3. The largest absolute Gasteiger partial charge is 0.469 e. The van der Waals surface area contributed by atoms with Crippen molar-refractivity contribution in [3.63, 3.8) is 0 Å². The Morgan fingerprint density at radius 3 is 2.27 bits per heavy atom. The first-order valence-electron chi connectivity index (χ1n) is 9.74. The molecule has 0 aromatic carbocycles. The molecule has 1 aromatic heterocycles. The highest BCUT2D eigenvalue weighted by Crippen LogP contribution is 2.38. The summed E-state index contributed by atoms with van der Waals surface area (Å²) in [6, 6.07) is 0. The maximum atomic E-state index is 11.7. The molecule has 3 atom stereocenters. The lowest BCUT2D eigenvalue weighted by atomic mass is 10.0. The molecular formula is C18H32N3O8P. The molecule has 0 amide bonds. The standard InChI is InChI=1S/C10H15N2O8P.C8H17N/c1-5-3-12(10(15)11-9(5)14)8-2-6(13)7(20-8)4-19-21(16,17)18;1-7(2)5-6-8(3,4)9-7/h3,6-8,13H,2,4H2,1H3,(H,11,14,15)(H2,16,17,18);9H,5-6H2,1-4H3/t6-,7+,8+;/m0./s1. The highest BCUT2D eigenvalue weighted by Gasteiger charge is 2.37. The van der Waals surface area contributed by atoms with Crippen LogP contribution in [0.25, 0.3) is 0 Å². The number of aliphatic hydroxyl groups excluding tert-OH is 1. The highest BCUT2D eigenvalue weighted by molar-refractivity contribution is 7.46. The molecule has 5 N–H and O–H groups in total. The third kappa shape index (κ3) is 7.12. The van der Waals surface area contributed by atoms with Gasteiger partial charge in [0.2, 0.25) is 0 Å². The van der Waals surface area contributed by atoms with Crippen LogP contribution in [0.5, 0.6) is 0 Å². The summed E-state index contributed by atoms with van der Waals surface area (Å²) in [4.78, 5) is 42.3. The number of ether oxygens (including phenoxy) is 1. The molecule has 2 saturated heterocycles. The van der Waals surface area contributed by atoms with Crippen LogP contribution in [0.15, 0.2) is 15.8 Å². The number of aryl methyl sites for hydroxylation is 1. The monoisotopic (exact) mass is 449 g/mol. The molecule has 1 aromatic rings. The number of nitrogens with one attached hydrogen (secondary N) is 2. The summed E-state index contributed by atoms with van der Waals surface area (Å²) < 4.78 is 21.4. The van der Waals surface area contributed by atoms with Crippen molar-refractivity contribution in [2.75, 3.05) is 6.61 Å². The van der Waals surface area contributed by atoms with E-state index in [2.05, 4.69) is 42.5 Å². The maximum Gasteiger partial charge on any atom is 0.469 e. The van der Waals surface area contributed by atoms with Crippen molar-refractivity contribution in [2.24, 2.45) is 0 Å². The lowest BCUT2D eigenvalue weighted by Crippen LogP contribution is -2.43. The average Bonchev–Trinajstić information content (AvgIpc) is 3.07. The summed E-state index contributed by atoms with van der Waals surface area (Å²) in [5.41, 5.74) is -0.161. The van der Waals surface area contributed by atoms with E-state index >= 15 is 0 Å². The Bertz CT molecular complexity index is 889. The molecule has 0 radical (unpaired) electrons. The van der Waals surface area contributed by atoms with Gasteiger partial charge in [0.25, 0.3) is 5.56 Å². The average molecular weight is 449 g/mol. The van der Waals surface area contributed by atoms with Gasteiger partial charge in [-0.3, -0.25) is 18.9 Å². The number of hydrogen-bond acceptors (Lipinski definition) is 7. The van der Waals surface area contributed by atoms with Crippen LogP contribution < -0.4 is 16.6 Å². The second-order valence-corrected chi connectivity index (χ2v) is 10.3. The number of nitrogens with zero attached hydrogens (tertiary/aromatic N) is 1. The van der Waals surface area contributed by atoms with E-state index in [1.54, 1.807) is 0 Å². The number of hydrogen-bond donors (Lipinski definition) is 5. The predicted octanol–water partition coefficient (Wildman–Crippen LogP) is 0.530. The zero-order chi connectivity index (χ0) is 22.9. The van der Waals surface area contributed by atoms with Crippen LogP contribution in [0.4, 0.5) is 0 Å². The van der Waals surface area contributed by atoms with Gasteiger partial charge in [0.05, 0.1) is 12.7 Å². The molecule has 0 aliphatic carbocycles. The van der Waals surface area contributed by atoms with Gasteiger partial charge in [0.15, 0.2) is 0 Å². The Labute approximate surface area is 174 Å². The maximum absolute atomic E-state index is 11.7. The second-order valence-electron chi connectivity index (χ2n) is 9.09. The lowest BCUT2D eigenvalue weighted by Gasteiger charge is -2.24. The minimum absolute atomic E-state index is 0.0283. The van der Waals surface area contributed by atoms with Gasteiger partial charge >= 0.3 is 13.5 Å². The van der Waals surface area contributed by atoms with Gasteiger partial charge in [0.1, 0.15) is 12.3 Å². The molecule has 12 heteroatoms. The summed E-state index contributed by atoms with van der Waals surface area (Å²) in [7, 11) is -4.67. The first-order chi connectivity index (χ1) is 13.6. The number of H-pyrrole nitrogens is 1. The van der Waals surface area contributed by atoms with Crippen molar-refractivity contribution in [1.29, 1.82) is 0 Å². The number of rotatable bonds is 4. The Morgan fingerprint density at radius 1 is 1.23 bits per heavy atom. The van der Waals surface area contributed by atoms with E-state index < -0.39 is 44.1 Å². The van der Waals surface area contributed by atoms with Gasteiger partial charge < -0.3 is 24.9 Å². The molecule has 0 unspecified atom stereocenters. The van der Waals surface area contributed by atoms with Crippen molar-refractivity contribution in [3.8, 4) is 0 Å². The van der Waals surface area contributed by atoms with E-state index in [0.29, 0.717) is 16.6 Å². The summed E-state index contributed by atoms with van der Waals surface area (Å²) in [6.07, 6.45) is 1.04. The van der Waals surface area contributed by atoms with E-state index in [-0.39, 0.29) is 6.42 Å². The smallest absolute Gasteiger partial charge is 0.390 e. The molecule has 0 bridgehead atoms. The Hall–Kier alpha value is -1.33. The van der Waals surface area contributed by atoms with E-state index in [1.807, 2.05) is 0 Å². The fourth-order valence-electron chi connectivity index (χ4n) is 3.67. The minimum Gasteiger partial charge on any atom is -0.390 e. The Kier molecular flexibility index (Phi) is 7.51. The third-order valence-electron chi connectivity index (χ3n) is 5.12. The van der Waals surface area contributed by atoms with Crippen LogP contribution in [0, 0.1) is 6.92 Å². The Balaban J connectivity index is 0.000000297. The SMILES string of the molecule is CC1(C)CCC(C)(C)N1.Cc1cn([C@H]2C[C@H](O)[C@@H](COP(=O)(O)O)O2)c(=O)[nH]c1=O. The lowest BCUT2D eigenvalue weighted by molar-refractivity contribution is -0.0451. The van der Waals surface area contributed by atoms with Gasteiger partial charge in [-0.25, -0.2) is 9.36 Å². The zero-order valence-electron chi connectivity index (χ0n) is 17.9. The third-order valence-corrected chi connectivity index (χ3v) is 5.60. The van der Waals surface area contributed by atoms with Gasteiger partial charge in [0, 0.05) is 29.3 Å². The van der Waals surface area contributed by atoms with Crippen LogP contribution in [0.3, 0.4) is 0 Å². The van der Waals surface area contributed by atoms with Gasteiger partial charge in [-0.1, -0.05) is 0 Å². The minimum atomic E-state index is -4.67. The quantitative estimate of drug-likeness (QED) is 0.413. The normalized spacial score (nSPS) is 27.5. The molecule has 172 valence electrons. The zero-order valence-corrected chi connectivity index (χ0v) is 18.8. The summed E-state index contributed by atoms with van der Waals surface area (Å²) in [6.45, 7) is 10.1. The van der Waals surface area contributed by atoms with Crippen LogP contribution in [-0.4, -0.2) is 54.3 Å². The van der Waals surface area contributed by atoms with Crippen molar-refractivity contribution in [2.45, 2.75) is 83.4 Å². The molecule has 3 heterocycles. The molecule has 0 saturated carbocycles. The van der Waals surface area contributed by atoms with Crippen LogP contribution in [-0.2, 0) is 13.8 Å². The molecule has 2 fully saturated rings. The fourth-order valence-corrected chi connectivity index (χ4v) is 4.01. The fraction of sp³-hybridized carbons (Fsp3) is 0.778. The molecular weight excluding hydrogens is 417 g/mol. The molecule has 3 rings (SSSR count). The van der Waals surface area contributed by atoms with Gasteiger partial charge in [-0.05, 0) is 47.5 Å². The Morgan fingerprint density at radius 2 is 1.80 bits per heavy atom. The molecule has 0 spiro atoms. The van der Waals surface area contributed by atoms with E-state index in [4.69, 9.17) is 14.5 Å². The van der Waals surface area contributed by atoms with Crippen LogP contribution in [0.2, 0.25) is 0 Å². The molecule has 11 nitrogen and oxygen atoms in total. The topological polar surface area (TPSA) is 163 Å². The van der Waals surface area contributed by atoms with E-state index in [0.717, 1.165) is 4.57 Å². The molecule has 2 aliphatic rings. The van der Waals surface area contributed by atoms with Crippen LogP contribution in [0.1, 0.15) is 58.7 Å². The number of aliphatic hydroxyl groups is 1. The predicted molar refractivity (Wildman–Crippen MR) is 109 cm³/mol. The first kappa shape index (κ1) is 24.9. The van der Waals surface area contributed by atoms with Crippen molar-refractivity contribution in [1.82, 2.24) is 14.9 Å². The van der Waals surface area contributed by atoms with E-state index in [9.17, 15) is 19.3 Å². The summed E-state index contributed by atoms with van der Waals surface area (Å²) in [5.74, 6) is 0. The second kappa shape index (κ2) is 9.04. The summed E-state index contributed by atoms with van der Waals surface area (Å²) in [5, 5.41) is 13.4. The van der Waals surface area contributed by atoms with Gasteiger partial charge in [-0.2, -0.15) is 0 Å². The number of aromatic amines is 1. The van der Waals surface area contributed by atoms with Crippen molar-refractivity contribution < 1.29 is 28.7 Å². The molecule has 30 heavy (non-hydrogen) atoms. The number of phosphoric acid groups is 1. The van der Waals surface area contributed by atoms with Crippen molar-refractivity contribution in [3.05, 3.63) is 32.6 Å². The number of aromatic nitrogens is 2. The number of phosphoric ester groups is 1. The molecule has 2 aliphatic heterocycles. The summed E-state index contributed by atoms with van der Waals surface area (Å²) >= 11 is 0. The highest BCUT2D eigenvalue weighted by atomic mass is 31.2. The van der Waals surface area contributed by atoms with Crippen LogP contribution >= 0.6 is 7.82 Å². The van der Waals surface area contributed by atoms with Crippen molar-refractivity contribution >= 4 is 7.82 Å². The van der Waals surface area contributed by atoms with Gasteiger partial charge in [-0.15, -0.1) is 0 Å².